The summed E-state index contributed by atoms with van der Waals surface area (Å²) in [5.41, 5.74) is 3.26. The van der Waals surface area contributed by atoms with E-state index >= 15 is 0 Å². The maximum atomic E-state index is 13.7. The first-order chi connectivity index (χ1) is 20.2. The Kier molecular flexibility index (Phi) is 9.09. The first kappa shape index (κ1) is 29.5. The van der Waals surface area contributed by atoms with Crippen LogP contribution in [0.15, 0.2) is 85.7 Å². The number of amides is 1. The van der Waals surface area contributed by atoms with Crippen LogP contribution in [0.2, 0.25) is 0 Å². The highest BCUT2D eigenvalue weighted by Gasteiger charge is 2.33. The summed E-state index contributed by atoms with van der Waals surface area (Å²) in [6.07, 6.45) is 4.29. The van der Waals surface area contributed by atoms with Gasteiger partial charge in [0.25, 0.3) is 11.6 Å². The van der Waals surface area contributed by atoms with Crippen molar-refractivity contribution in [1.29, 1.82) is 0 Å². The molecule has 214 valence electrons. The average Bonchev–Trinajstić information content (AvgIpc) is 3.51. The van der Waals surface area contributed by atoms with Crippen LogP contribution in [0.5, 0.6) is 5.75 Å². The number of para-hydroxylation sites is 1. The Bertz CT molecular complexity index is 1730. The minimum absolute atomic E-state index is 0.0407. The lowest BCUT2D eigenvalue weighted by Crippen LogP contribution is -2.31. The number of rotatable bonds is 9. The van der Waals surface area contributed by atoms with Crippen molar-refractivity contribution in [2.45, 2.75) is 6.42 Å². The molecule has 13 heteroatoms. The summed E-state index contributed by atoms with van der Waals surface area (Å²) >= 11 is 8.17. The minimum atomic E-state index is -0.513. The molecule has 10 nitrogen and oxygen atoms in total. The number of nitro benzene ring substituents is 1. The number of aromatic amines is 1. The predicted octanol–water partition coefficient (Wildman–Crippen LogP) is 7.00. The smallest absolute Gasteiger partial charge is 0.343 e. The Morgan fingerprint density at radius 1 is 1.14 bits per heavy atom. The van der Waals surface area contributed by atoms with Gasteiger partial charge in [0.1, 0.15) is 5.75 Å². The van der Waals surface area contributed by atoms with Crippen molar-refractivity contribution in [2.75, 3.05) is 20.3 Å². The SMILES string of the molecule is COC(=O)COc1c(Br)cc(/C=C2\SC(=Nc3ccc([N+](=O)[O-])cc3)N(CCc3c[nH]c4ccccc34)C2=O)cc1Br. The van der Waals surface area contributed by atoms with Crippen LogP contribution in [0.25, 0.3) is 17.0 Å². The molecule has 1 aromatic heterocycles. The van der Waals surface area contributed by atoms with E-state index in [1.807, 2.05) is 30.5 Å². The van der Waals surface area contributed by atoms with Crippen LogP contribution in [-0.4, -0.2) is 52.1 Å². The molecule has 3 aromatic carbocycles. The number of ether oxygens (including phenoxy) is 2. The van der Waals surface area contributed by atoms with Gasteiger partial charge in [0.15, 0.2) is 11.8 Å². The minimum Gasteiger partial charge on any atom is -0.480 e. The van der Waals surface area contributed by atoms with Crippen molar-refractivity contribution >= 4 is 89.0 Å². The number of hydrogen-bond acceptors (Lipinski definition) is 8. The lowest BCUT2D eigenvalue weighted by Gasteiger charge is -2.15. The number of aliphatic imine (C=N–C) groups is 1. The van der Waals surface area contributed by atoms with Crippen LogP contribution in [0.1, 0.15) is 11.1 Å². The summed E-state index contributed by atoms with van der Waals surface area (Å²) < 4.78 is 11.3. The molecule has 42 heavy (non-hydrogen) atoms. The number of nitrogens with zero attached hydrogens (tertiary/aromatic N) is 3. The molecule has 1 aliphatic heterocycles. The number of benzene rings is 3. The Morgan fingerprint density at radius 3 is 2.55 bits per heavy atom. The first-order valence-electron chi connectivity index (χ1n) is 12.5. The Hall–Kier alpha value is -3.94. The highest BCUT2D eigenvalue weighted by atomic mass is 79.9. The fourth-order valence-electron chi connectivity index (χ4n) is 4.26. The van der Waals surface area contributed by atoms with E-state index in [4.69, 9.17) is 4.74 Å². The zero-order valence-electron chi connectivity index (χ0n) is 22.0. The fourth-order valence-corrected chi connectivity index (χ4v) is 6.74. The number of nitro groups is 1. The standard InChI is InChI=1S/C29H22Br2N4O6S/c1-40-26(36)16-41-27-22(30)12-17(13-23(27)31)14-25-28(37)34(11-10-18-15-32-24-5-3-2-4-21(18)24)29(42-25)33-19-6-8-20(9-7-19)35(38)39/h2-9,12-15,32H,10-11,16H2,1H3/b25-14-,33-29?. The molecule has 2 heterocycles. The fraction of sp³-hybridized carbons (Fsp3) is 0.138. The third-order valence-electron chi connectivity index (χ3n) is 6.33. The third kappa shape index (κ3) is 6.58. The summed E-state index contributed by atoms with van der Waals surface area (Å²) in [5, 5.41) is 12.6. The zero-order chi connectivity index (χ0) is 29.8. The molecule has 0 aliphatic carbocycles. The Balaban J connectivity index is 1.44. The molecule has 1 aliphatic rings. The molecule has 0 atom stereocenters. The van der Waals surface area contributed by atoms with Crippen LogP contribution >= 0.6 is 43.6 Å². The van der Waals surface area contributed by atoms with Crippen LogP contribution in [0, 0.1) is 10.1 Å². The van der Waals surface area contributed by atoms with Gasteiger partial charge in [-0.2, -0.15) is 0 Å². The average molecular weight is 714 g/mol. The van der Waals surface area contributed by atoms with E-state index in [-0.39, 0.29) is 18.2 Å². The number of fused-ring (bicyclic) bond motifs is 1. The molecule has 0 unspecified atom stereocenters. The molecule has 1 N–H and O–H groups in total. The lowest BCUT2D eigenvalue weighted by atomic mass is 10.1. The summed E-state index contributed by atoms with van der Waals surface area (Å²) in [6, 6.07) is 17.4. The van der Waals surface area contributed by atoms with Gasteiger partial charge in [-0.1, -0.05) is 18.2 Å². The quantitative estimate of drug-likeness (QED) is 0.0857. The molecule has 0 spiro atoms. The summed E-state index contributed by atoms with van der Waals surface area (Å²) in [4.78, 5) is 45.8. The number of carbonyl (C=O) groups is 2. The van der Waals surface area contributed by atoms with E-state index < -0.39 is 10.9 Å². The summed E-state index contributed by atoms with van der Waals surface area (Å²) in [6.45, 7) is 0.126. The van der Waals surface area contributed by atoms with Crippen LogP contribution in [0.4, 0.5) is 11.4 Å². The highest BCUT2D eigenvalue weighted by Crippen LogP contribution is 2.38. The maximum absolute atomic E-state index is 13.7. The van der Waals surface area contributed by atoms with Crippen molar-refractivity contribution in [2.24, 2.45) is 4.99 Å². The number of aromatic nitrogens is 1. The van der Waals surface area contributed by atoms with Crippen molar-refractivity contribution in [3.8, 4) is 5.75 Å². The van der Waals surface area contributed by atoms with Gasteiger partial charge in [-0.25, -0.2) is 9.79 Å². The number of halogens is 2. The molecule has 0 saturated carbocycles. The topological polar surface area (TPSA) is 127 Å². The second-order valence-corrected chi connectivity index (χ2v) is 11.7. The van der Waals surface area contributed by atoms with Crippen molar-refractivity contribution in [3.63, 3.8) is 0 Å². The zero-order valence-corrected chi connectivity index (χ0v) is 26.0. The number of esters is 1. The summed E-state index contributed by atoms with van der Waals surface area (Å²) in [5.74, 6) is -0.298. The molecule has 1 saturated heterocycles. The Labute approximate surface area is 261 Å². The Morgan fingerprint density at radius 2 is 1.86 bits per heavy atom. The van der Waals surface area contributed by atoms with E-state index in [2.05, 4.69) is 46.6 Å². The number of carbonyl (C=O) groups excluding carboxylic acids is 2. The van der Waals surface area contributed by atoms with E-state index in [0.717, 1.165) is 16.5 Å². The van der Waals surface area contributed by atoms with Crippen LogP contribution in [-0.2, 0) is 20.7 Å². The van der Waals surface area contributed by atoms with Crippen LogP contribution in [0.3, 0.4) is 0 Å². The number of H-pyrrole nitrogens is 1. The second kappa shape index (κ2) is 12.9. The van der Waals surface area contributed by atoms with Crippen molar-refractivity contribution in [1.82, 2.24) is 9.88 Å². The van der Waals surface area contributed by atoms with Gasteiger partial charge in [-0.15, -0.1) is 0 Å². The van der Waals surface area contributed by atoms with Gasteiger partial charge < -0.3 is 14.5 Å². The molecule has 1 amide bonds. The summed E-state index contributed by atoms with van der Waals surface area (Å²) in [7, 11) is 1.28. The van der Waals surface area contributed by atoms with Gasteiger partial charge in [-0.05, 0) is 97.6 Å². The molecular formula is C29H22Br2N4O6S. The molecule has 4 aromatic rings. The highest BCUT2D eigenvalue weighted by molar-refractivity contribution is 9.11. The van der Waals surface area contributed by atoms with Crippen molar-refractivity contribution in [3.05, 3.63) is 102 Å². The van der Waals surface area contributed by atoms with Gasteiger partial charge in [0.2, 0.25) is 0 Å². The van der Waals surface area contributed by atoms with Gasteiger partial charge in [-0.3, -0.25) is 19.8 Å². The molecule has 0 radical (unpaired) electrons. The normalized spacial score (nSPS) is 15.1. The van der Waals surface area contributed by atoms with Gasteiger partial charge in [0.05, 0.1) is 31.6 Å². The predicted molar refractivity (Wildman–Crippen MR) is 169 cm³/mol. The third-order valence-corrected chi connectivity index (χ3v) is 8.52. The number of nitrogens with one attached hydrogen (secondary N) is 1. The van der Waals surface area contributed by atoms with E-state index in [9.17, 15) is 19.7 Å². The second-order valence-electron chi connectivity index (χ2n) is 9.02. The largest absolute Gasteiger partial charge is 0.480 e. The van der Waals surface area contributed by atoms with Crippen LogP contribution < -0.4 is 4.74 Å². The first-order valence-corrected chi connectivity index (χ1v) is 14.9. The number of amidine groups is 1. The monoisotopic (exact) mass is 712 g/mol. The molecule has 5 rings (SSSR count). The number of thioether (sulfide) groups is 1. The molecule has 0 bridgehead atoms. The maximum Gasteiger partial charge on any atom is 0.343 e. The van der Waals surface area contributed by atoms with E-state index in [0.29, 0.717) is 49.0 Å². The van der Waals surface area contributed by atoms with E-state index in [1.54, 1.807) is 35.2 Å². The van der Waals surface area contributed by atoms with Crippen molar-refractivity contribution < 1.29 is 24.0 Å². The number of methoxy groups -OCH3 is 1. The molecule has 1 fully saturated rings. The number of non-ortho nitro benzene ring substituents is 1. The lowest BCUT2D eigenvalue weighted by molar-refractivity contribution is -0.384. The molecular weight excluding hydrogens is 692 g/mol. The van der Waals surface area contributed by atoms with E-state index in [1.165, 1.54) is 31.0 Å². The van der Waals surface area contributed by atoms with Gasteiger partial charge >= 0.3 is 5.97 Å². The number of hydrogen-bond donors (Lipinski definition) is 1. The van der Waals surface area contributed by atoms with Gasteiger partial charge in [0, 0.05) is 35.8 Å².